The molecule has 1 amide bonds. The first-order valence-corrected chi connectivity index (χ1v) is 4.57. The molecule has 0 aliphatic heterocycles. The third kappa shape index (κ3) is 4.09. The van der Waals surface area contributed by atoms with Crippen molar-refractivity contribution in [2.75, 3.05) is 18.4 Å². The zero-order valence-corrected chi connectivity index (χ0v) is 8.45. The van der Waals surface area contributed by atoms with Gasteiger partial charge in [0.15, 0.2) is 0 Å². The summed E-state index contributed by atoms with van der Waals surface area (Å²) in [5, 5.41) is 14.3. The number of aromatic nitrogens is 1. The molecule has 15 heavy (non-hydrogen) atoms. The third-order valence-corrected chi connectivity index (χ3v) is 1.70. The lowest BCUT2D eigenvalue weighted by molar-refractivity contribution is -0.118. The standard InChI is InChI=1S/C10H12N4O/c1-8(15)12-4-5-14-9-2-3-13-10(6-9)7-11/h2-3,6H,4-5H2,1H3,(H,12,15)(H,13,14). The zero-order valence-electron chi connectivity index (χ0n) is 8.45. The van der Waals surface area contributed by atoms with Crippen LogP contribution in [0.2, 0.25) is 0 Å². The Hall–Kier alpha value is -2.09. The van der Waals surface area contributed by atoms with Crippen molar-refractivity contribution in [3.63, 3.8) is 0 Å². The Kier molecular flexibility index (Phi) is 4.10. The highest BCUT2D eigenvalue weighted by molar-refractivity contribution is 5.72. The molecule has 0 aliphatic carbocycles. The molecule has 0 fully saturated rings. The highest BCUT2D eigenvalue weighted by atomic mass is 16.1. The van der Waals surface area contributed by atoms with Crippen molar-refractivity contribution in [2.24, 2.45) is 0 Å². The van der Waals surface area contributed by atoms with Gasteiger partial charge in [-0.2, -0.15) is 5.26 Å². The maximum absolute atomic E-state index is 10.6. The molecule has 0 aromatic carbocycles. The molecule has 0 spiro atoms. The minimum atomic E-state index is -0.0516. The molecular formula is C10H12N4O. The van der Waals surface area contributed by atoms with Crippen LogP contribution in [0.5, 0.6) is 0 Å². The summed E-state index contributed by atoms with van der Waals surface area (Å²) >= 11 is 0. The number of rotatable bonds is 4. The number of anilines is 1. The fourth-order valence-corrected chi connectivity index (χ4v) is 1.05. The average molecular weight is 204 g/mol. The van der Waals surface area contributed by atoms with Crippen molar-refractivity contribution < 1.29 is 4.79 Å². The molecule has 1 rings (SSSR count). The van der Waals surface area contributed by atoms with Gasteiger partial charge >= 0.3 is 0 Å². The van der Waals surface area contributed by atoms with Crippen molar-refractivity contribution >= 4 is 11.6 Å². The van der Waals surface area contributed by atoms with Crippen LogP contribution in [0.3, 0.4) is 0 Å². The molecule has 0 bridgehead atoms. The Morgan fingerprint density at radius 1 is 1.60 bits per heavy atom. The van der Waals surface area contributed by atoms with Gasteiger partial charge in [0.2, 0.25) is 5.91 Å². The molecule has 2 N–H and O–H groups in total. The Morgan fingerprint density at radius 2 is 2.40 bits per heavy atom. The predicted octanol–water partition coefficient (Wildman–Crippen LogP) is 0.501. The lowest BCUT2D eigenvalue weighted by Crippen LogP contribution is -2.26. The number of nitriles is 1. The van der Waals surface area contributed by atoms with Gasteiger partial charge in [-0.15, -0.1) is 0 Å². The minimum Gasteiger partial charge on any atom is -0.383 e. The van der Waals surface area contributed by atoms with E-state index in [0.717, 1.165) is 5.69 Å². The van der Waals surface area contributed by atoms with Crippen molar-refractivity contribution in [1.29, 1.82) is 5.26 Å². The maximum atomic E-state index is 10.6. The van der Waals surface area contributed by atoms with Crippen LogP contribution >= 0.6 is 0 Å². The first-order valence-electron chi connectivity index (χ1n) is 4.57. The number of hydrogen-bond donors (Lipinski definition) is 2. The van der Waals surface area contributed by atoms with E-state index in [0.29, 0.717) is 18.8 Å². The van der Waals surface area contributed by atoms with E-state index in [1.807, 2.05) is 6.07 Å². The SMILES string of the molecule is CC(=O)NCCNc1ccnc(C#N)c1. The van der Waals surface area contributed by atoms with E-state index in [-0.39, 0.29) is 5.91 Å². The molecule has 0 aliphatic rings. The van der Waals surface area contributed by atoms with Gasteiger partial charge < -0.3 is 10.6 Å². The lowest BCUT2D eigenvalue weighted by Gasteiger charge is -2.06. The minimum absolute atomic E-state index is 0.0516. The second kappa shape index (κ2) is 5.60. The van der Waals surface area contributed by atoms with E-state index < -0.39 is 0 Å². The summed E-state index contributed by atoms with van der Waals surface area (Å²) in [7, 11) is 0. The summed E-state index contributed by atoms with van der Waals surface area (Å²) in [4.78, 5) is 14.4. The maximum Gasteiger partial charge on any atom is 0.216 e. The second-order valence-corrected chi connectivity index (χ2v) is 2.95. The van der Waals surface area contributed by atoms with E-state index >= 15 is 0 Å². The quantitative estimate of drug-likeness (QED) is 0.700. The van der Waals surface area contributed by atoms with Crippen LogP contribution in [-0.4, -0.2) is 24.0 Å². The Labute approximate surface area is 88.1 Å². The topological polar surface area (TPSA) is 77.8 Å². The molecule has 5 heteroatoms. The van der Waals surface area contributed by atoms with Gasteiger partial charge in [-0.1, -0.05) is 0 Å². The van der Waals surface area contributed by atoms with Gasteiger partial charge in [0.1, 0.15) is 11.8 Å². The number of pyridine rings is 1. The van der Waals surface area contributed by atoms with E-state index in [4.69, 9.17) is 5.26 Å². The van der Waals surface area contributed by atoms with Gasteiger partial charge in [0, 0.05) is 31.9 Å². The van der Waals surface area contributed by atoms with E-state index in [1.165, 1.54) is 6.92 Å². The molecule has 0 unspecified atom stereocenters. The Bertz CT molecular complexity index is 383. The fraction of sp³-hybridized carbons (Fsp3) is 0.300. The molecule has 0 saturated carbocycles. The Balaban J connectivity index is 2.38. The van der Waals surface area contributed by atoms with Crippen LogP contribution in [0.1, 0.15) is 12.6 Å². The normalized spacial score (nSPS) is 9.07. The highest BCUT2D eigenvalue weighted by Gasteiger charge is 1.95. The molecule has 1 aromatic rings. The molecular weight excluding hydrogens is 192 g/mol. The van der Waals surface area contributed by atoms with Crippen molar-refractivity contribution in [2.45, 2.75) is 6.92 Å². The largest absolute Gasteiger partial charge is 0.383 e. The smallest absolute Gasteiger partial charge is 0.216 e. The first-order chi connectivity index (χ1) is 7.22. The average Bonchev–Trinajstić information content (AvgIpc) is 2.24. The van der Waals surface area contributed by atoms with E-state index in [2.05, 4.69) is 15.6 Å². The number of hydrogen-bond acceptors (Lipinski definition) is 4. The number of carbonyl (C=O) groups excluding carboxylic acids is 1. The van der Waals surface area contributed by atoms with Crippen LogP contribution in [0.25, 0.3) is 0 Å². The van der Waals surface area contributed by atoms with Gasteiger partial charge in [0.25, 0.3) is 0 Å². The van der Waals surface area contributed by atoms with Crippen molar-refractivity contribution in [3.8, 4) is 6.07 Å². The Morgan fingerprint density at radius 3 is 3.07 bits per heavy atom. The predicted molar refractivity (Wildman–Crippen MR) is 56.1 cm³/mol. The molecule has 0 radical (unpaired) electrons. The molecule has 5 nitrogen and oxygen atoms in total. The molecule has 1 aromatic heterocycles. The lowest BCUT2D eigenvalue weighted by atomic mass is 10.3. The van der Waals surface area contributed by atoms with Crippen LogP contribution in [-0.2, 0) is 4.79 Å². The summed E-state index contributed by atoms with van der Waals surface area (Å²) in [5.74, 6) is -0.0516. The first kappa shape index (κ1) is 11.0. The molecule has 1 heterocycles. The molecule has 0 saturated heterocycles. The van der Waals surface area contributed by atoms with E-state index in [9.17, 15) is 4.79 Å². The van der Waals surface area contributed by atoms with E-state index in [1.54, 1.807) is 18.3 Å². The zero-order chi connectivity index (χ0) is 11.1. The van der Waals surface area contributed by atoms with Gasteiger partial charge in [-0.25, -0.2) is 4.98 Å². The summed E-state index contributed by atoms with van der Waals surface area (Å²) in [6.45, 7) is 2.65. The number of amides is 1. The van der Waals surface area contributed by atoms with Gasteiger partial charge in [-0.3, -0.25) is 4.79 Å². The second-order valence-electron chi connectivity index (χ2n) is 2.95. The van der Waals surface area contributed by atoms with Crippen molar-refractivity contribution in [3.05, 3.63) is 24.0 Å². The van der Waals surface area contributed by atoms with Gasteiger partial charge in [0.05, 0.1) is 0 Å². The number of nitrogens with zero attached hydrogens (tertiary/aromatic N) is 2. The van der Waals surface area contributed by atoms with Crippen LogP contribution in [0.15, 0.2) is 18.3 Å². The summed E-state index contributed by atoms with van der Waals surface area (Å²) in [6.07, 6.45) is 1.57. The summed E-state index contributed by atoms with van der Waals surface area (Å²) < 4.78 is 0. The van der Waals surface area contributed by atoms with Gasteiger partial charge in [-0.05, 0) is 12.1 Å². The number of carbonyl (C=O) groups is 1. The van der Waals surface area contributed by atoms with Crippen molar-refractivity contribution in [1.82, 2.24) is 10.3 Å². The van der Waals surface area contributed by atoms with Crippen LogP contribution in [0.4, 0.5) is 5.69 Å². The molecule has 0 atom stereocenters. The highest BCUT2D eigenvalue weighted by Crippen LogP contribution is 2.05. The monoisotopic (exact) mass is 204 g/mol. The molecule has 78 valence electrons. The number of nitrogens with one attached hydrogen (secondary N) is 2. The van der Waals surface area contributed by atoms with Crippen LogP contribution in [0, 0.1) is 11.3 Å². The summed E-state index contributed by atoms with van der Waals surface area (Å²) in [6, 6.07) is 5.39. The van der Waals surface area contributed by atoms with Crippen LogP contribution < -0.4 is 10.6 Å². The summed E-state index contributed by atoms with van der Waals surface area (Å²) in [5.41, 5.74) is 1.20. The third-order valence-electron chi connectivity index (χ3n) is 1.70. The fourth-order valence-electron chi connectivity index (χ4n) is 1.05.